The Kier molecular flexibility index (Phi) is 5.75. The number of hydrogen-bond acceptors (Lipinski definition) is 2. The summed E-state index contributed by atoms with van der Waals surface area (Å²) in [5.41, 5.74) is -0.287. The van der Waals surface area contributed by atoms with Crippen molar-refractivity contribution in [3.05, 3.63) is 92.8 Å². The third kappa shape index (κ3) is 4.44. The maximum Gasteiger partial charge on any atom is 0.261 e. The van der Waals surface area contributed by atoms with Crippen molar-refractivity contribution in [3.8, 4) is 0 Å². The molecule has 27 heavy (non-hydrogen) atoms. The molecular formula is C19H13F3INO2S. The van der Waals surface area contributed by atoms with E-state index >= 15 is 0 Å². The topological polar surface area (TPSA) is 46.2 Å². The van der Waals surface area contributed by atoms with Crippen molar-refractivity contribution in [1.82, 2.24) is 0 Å². The van der Waals surface area contributed by atoms with E-state index < -0.39 is 27.5 Å². The third-order valence-corrected chi connectivity index (χ3v) is 5.93. The molecule has 0 aliphatic carbocycles. The molecule has 0 aliphatic rings. The van der Waals surface area contributed by atoms with E-state index in [2.05, 4.69) is 4.72 Å². The summed E-state index contributed by atoms with van der Waals surface area (Å²) in [7, 11) is -4.01. The van der Waals surface area contributed by atoms with E-state index in [0.717, 1.165) is 12.1 Å². The molecule has 3 nitrogen and oxygen atoms in total. The summed E-state index contributed by atoms with van der Waals surface area (Å²) < 4.78 is 70.2. The van der Waals surface area contributed by atoms with Crippen LogP contribution in [-0.2, 0) is 16.4 Å². The van der Waals surface area contributed by atoms with Crippen LogP contribution >= 0.6 is 22.6 Å². The highest BCUT2D eigenvalue weighted by molar-refractivity contribution is 14.1. The van der Waals surface area contributed by atoms with Crippen LogP contribution in [0.15, 0.2) is 65.6 Å². The molecule has 3 rings (SSSR count). The van der Waals surface area contributed by atoms with Crippen molar-refractivity contribution in [1.29, 1.82) is 0 Å². The van der Waals surface area contributed by atoms with Crippen LogP contribution in [0.3, 0.4) is 0 Å². The van der Waals surface area contributed by atoms with Crippen molar-refractivity contribution >= 4 is 38.3 Å². The number of sulfonamides is 1. The average molecular weight is 503 g/mol. The Morgan fingerprint density at radius 1 is 0.889 bits per heavy atom. The van der Waals surface area contributed by atoms with Gasteiger partial charge in [-0.2, -0.15) is 0 Å². The van der Waals surface area contributed by atoms with Gasteiger partial charge < -0.3 is 0 Å². The van der Waals surface area contributed by atoms with Crippen LogP contribution in [0.2, 0.25) is 0 Å². The summed E-state index contributed by atoms with van der Waals surface area (Å²) in [5.74, 6) is -2.94. The predicted molar refractivity (Wildman–Crippen MR) is 106 cm³/mol. The fraction of sp³-hybridized carbons (Fsp3) is 0.0526. The molecule has 0 aromatic heterocycles. The van der Waals surface area contributed by atoms with Crippen LogP contribution in [0.5, 0.6) is 0 Å². The zero-order chi connectivity index (χ0) is 19.6. The Hall–Kier alpha value is -2.07. The van der Waals surface area contributed by atoms with Gasteiger partial charge in [-0.15, -0.1) is 0 Å². The van der Waals surface area contributed by atoms with Gasteiger partial charge in [0.1, 0.15) is 5.82 Å². The van der Waals surface area contributed by atoms with Gasteiger partial charge in [0.25, 0.3) is 10.0 Å². The average Bonchev–Trinajstić information content (AvgIpc) is 2.63. The third-order valence-electron chi connectivity index (χ3n) is 3.88. The summed E-state index contributed by atoms with van der Waals surface area (Å²) in [4.78, 5) is -0.0267. The van der Waals surface area contributed by atoms with Crippen LogP contribution in [0, 0.1) is 21.0 Å². The Bertz CT molecular complexity index is 1090. The van der Waals surface area contributed by atoms with Crippen LogP contribution in [0.25, 0.3) is 0 Å². The maximum absolute atomic E-state index is 14.4. The molecule has 0 atom stereocenters. The molecular weight excluding hydrogens is 490 g/mol. The van der Waals surface area contributed by atoms with E-state index in [-0.39, 0.29) is 28.1 Å². The lowest BCUT2D eigenvalue weighted by Gasteiger charge is -2.14. The summed E-state index contributed by atoms with van der Waals surface area (Å²) >= 11 is 1.93. The molecule has 3 aromatic rings. The Labute approximate surface area is 168 Å². The molecule has 0 radical (unpaired) electrons. The molecule has 3 aromatic carbocycles. The number of anilines is 1. The number of nitrogens with one attached hydrogen (secondary N) is 1. The number of hydrogen-bond donors (Lipinski definition) is 1. The molecule has 0 fully saturated rings. The van der Waals surface area contributed by atoms with Crippen molar-refractivity contribution in [2.24, 2.45) is 0 Å². The van der Waals surface area contributed by atoms with Crippen molar-refractivity contribution < 1.29 is 21.6 Å². The van der Waals surface area contributed by atoms with E-state index in [1.54, 1.807) is 24.3 Å². The van der Waals surface area contributed by atoms with E-state index in [9.17, 15) is 21.6 Å². The van der Waals surface area contributed by atoms with Gasteiger partial charge in [-0.1, -0.05) is 24.3 Å². The molecule has 8 heteroatoms. The van der Waals surface area contributed by atoms with Crippen LogP contribution < -0.4 is 4.72 Å². The van der Waals surface area contributed by atoms with Gasteiger partial charge in [-0.3, -0.25) is 4.72 Å². The zero-order valence-electron chi connectivity index (χ0n) is 13.7. The number of rotatable bonds is 5. The van der Waals surface area contributed by atoms with Crippen LogP contribution in [-0.4, -0.2) is 8.42 Å². The first-order valence-electron chi connectivity index (χ1n) is 7.76. The monoisotopic (exact) mass is 503 g/mol. The largest absolute Gasteiger partial charge is 0.279 e. The lowest BCUT2D eigenvalue weighted by atomic mass is 10.0. The summed E-state index contributed by atoms with van der Waals surface area (Å²) in [6, 6.07) is 13.8. The van der Waals surface area contributed by atoms with Crippen molar-refractivity contribution in [2.45, 2.75) is 11.3 Å². The highest BCUT2D eigenvalue weighted by Crippen LogP contribution is 2.28. The van der Waals surface area contributed by atoms with Crippen molar-refractivity contribution in [3.63, 3.8) is 0 Å². The second-order valence-corrected chi connectivity index (χ2v) is 8.65. The van der Waals surface area contributed by atoms with Gasteiger partial charge in [0.2, 0.25) is 0 Å². The smallest absolute Gasteiger partial charge is 0.261 e. The molecule has 0 aliphatic heterocycles. The maximum atomic E-state index is 14.4. The predicted octanol–water partition coefficient (Wildman–Crippen LogP) is 5.10. The number of halogens is 4. The lowest BCUT2D eigenvalue weighted by Crippen LogP contribution is -2.15. The fourth-order valence-electron chi connectivity index (χ4n) is 2.52. The van der Waals surface area contributed by atoms with Gasteiger partial charge in [0, 0.05) is 15.6 Å². The first-order chi connectivity index (χ1) is 12.8. The van der Waals surface area contributed by atoms with E-state index in [0.29, 0.717) is 3.57 Å². The second kappa shape index (κ2) is 7.89. The summed E-state index contributed by atoms with van der Waals surface area (Å²) in [6.45, 7) is 0. The quantitative estimate of drug-likeness (QED) is 0.493. The van der Waals surface area contributed by atoms with E-state index in [1.165, 1.54) is 24.3 Å². The molecule has 0 amide bonds. The van der Waals surface area contributed by atoms with E-state index in [4.69, 9.17) is 0 Å². The minimum atomic E-state index is -4.01. The molecule has 140 valence electrons. The first kappa shape index (κ1) is 19.7. The Balaban J connectivity index is 2.03. The van der Waals surface area contributed by atoms with Gasteiger partial charge in [0.05, 0.1) is 10.6 Å². The molecule has 0 bridgehead atoms. The van der Waals surface area contributed by atoms with Gasteiger partial charge in [-0.05, 0) is 64.6 Å². The van der Waals surface area contributed by atoms with Crippen LogP contribution in [0.1, 0.15) is 11.1 Å². The Morgan fingerprint density at radius 2 is 1.59 bits per heavy atom. The van der Waals surface area contributed by atoms with Crippen LogP contribution in [0.4, 0.5) is 18.9 Å². The summed E-state index contributed by atoms with van der Waals surface area (Å²) in [6.07, 6.45) is -0.307. The minimum absolute atomic E-state index is 0.0267. The SMILES string of the molecule is O=S(=O)(Nc1ccc(F)c(F)c1Cc1ccc(I)cc1F)c1ccccc1. The molecule has 0 saturated heterocycles. The normalized spacial score (nSPS) is 11.4. The summed E-state index contributed by atoms with van der Waals surface area (Å²) in [5, 5.41) is 0. The van der Waals surface area contributed by atoms with E-state index in [1.807, 2.05) is 22.6 Å². The molecule has 0 unspecified atom stereocenters. The second-order valence-electron chi connectivity index (χ2n) is 5.72. The van der Waals surface area contributed by atoms with Gasteiger partial charge >= 0.3 is 0 Å². The lowest BCUT2D eigenvalue weighted by molar-refractivity contribution is 0.500. The molecule has 0 saturated carbocycles. The highest BCUT2D eigenvalue weighted by atomic mass is 127. The standard InChI is InChI=1S/C19H13F3INO2S/c20-16-8-9-18(24-27(25,26)14-4-2-1-3-5-14)15(19(16)22)10-12-6-7-13(23)11-17(12)21/h1-9,11,24H,10H2. The highest BCUT2D eigenvalue weighted by Gasteiger charge is 2.21. The zero-order valence-corrected chi connectivity index (χ0v) is 16.7. The fourth-order valence-corrected chi connectivity index (χ4v) is 4.09. The molecule has 0 heterocycles. The minimum Gasteiger partial charge on any atom is -0.279 e. The van der Waals surface area contributed by atoms with Crippen molar-refractivity contribution in [2.75, 3.05) is 4.72 Å². The van der Waals surface area contributed by atoms with Gasteiger partial charge in [-0.25, -0.2) is 21.6 Å². The molecule has 1 N–H and O–H groups in total. The molecule has 0 spiro atoms. The van der Waals surface area contributed by atoms with Gasteiger partial charge in [0.15, 0.2) is 11.6 Å². The first-order valence-corrected chi connectivity index (χ1v) is 10.3. The Morgan fingerprint density at radius 3 is 2.26 bits per heavy atom. The number of benzene rings is 3.